The Bertz CT molecular complexity index is 1020. The number of rotatable bonds is 8. The van der Waals surface area contributed by atoms with E-state index in [9.17, 15) is 4.79 Å². The predicted molar refractivity (Wildman–Crippen MR) is 118 cm³/mol. The average Bonchev–Trinajstić information content (AvgIpc) is 3.01. The molecule has 2 aromatic carbocycles. The first-order valence-electron chi connectivity index (χ1n) is 10.1. The summed E-state index contributed by atoms with van der Waals surface area (Å²) in [5.41, 5.74) is 3.80. The zero-order chi connectivity index (χ0) is 21.7. The summed E-state index contributed by atoms with van der Waals surface area (Å²) in [5.74, 6) is 1.99. The molecular formula is C24H29N3O3. The van der Waals surface area contributed by atoms with E-state index in [1.165, 1.54) is 0 Å². The summed E-state index contributed by atoms with van der Waals surface area (Å²) < 4.78 is 13.4. The van der Waals surface area contributed by atoms with Crippen molar-refractivity contribution < 1.29 is 14.3 Å². The van der Waals surface area contributed by atoms with Crippen molar-refractivity contribution in [3.63, 3.8) is 0 Å². The maximum absolute atomic E-state index is 12.2. The molecule has 0 unspecified atom stereocenters. The average molecular weight is 408 g/mol. The van der Waals surface area contributed by atoms with Gasteiger partial charge < -0.3 is 14.8 Å². The Morgan fingerprint density at radius 1 is 1.10 bits per heavy atom. The Kier molecular flexibility index (Phi) is 6.77. The molecule has 1 aromatic heterocycles. The number of methoxy groups -OCH3 is 1. The normalized spacial score (nSPS) is 10.9. The van der Waals surface area contributed by atoms with Crippen molar-refractivity contribution in [2.45, 2.75) is 46.6 Å². The van der Waals surface area contributed by atoms with Crippen molar-refractivity contribution in [1.29, 1.82) is 0 Å². The zero-order valence-corrected chi connectivity index (χ0v) is 18.2. The van der Waals surface area contributed by atoms with E-state index >= 15 is 0 Å². The molecule has 158 valence electrons. The van der Waals surface area contributed by atoms with Gasteiger partial charge in [0.2, 0.25) is 11.8 Å². The van der Waals surface area contributed by atoms with E-state index in [2.05, 4.69) is 11.4 Å². The minimum atomic E-state index is 0.0139. The maximum atomic E-state index is 12.2. The van der Waals surface area contributed by atoms with Crippen LogP contribution in [0.4, 0.5) is 0 Å². The van der Waals surface area contributed by atoms with Crippen LogP contribution in [0.1, 0.15) is 37.1 Å². The van der Waals surface area contributed by atoms with Gasteiger partial charge in [0, 0.05) is 24.1 Å². The van der Waals surface area contributed by atoms with Crippen molar-refractivity contribution in [3.05, 3.63) is 65.4 Å². The van der Waals surface area contributed by atoms with Gasteiger partial charge in [0.05, 0.1) is 18.5 Å². The fraction of sp³-hybridized carbons (Fsp3) is 0.333. The first kappa shape index (κ1) is 21.4. The number of nitrogens with one attached hydrogen (secondary N) is 1. The molecule has 0 aliphatic heterocycles. The standard InChI is InChI=1S/C24H29N3O3/c1-16(2)25-23(28)13-12-22-18(4)26-27(19-9-6-8-17(3)14-19)24(22)30-21-11-7-10-20(15-21)29-5/h6-11,14-16H,12-13H2,1-5H3,(H,25,28). The molecule has 1 amide bonds. The van der Waals surface area contributed by atoms with Crippen molar-refractivity contribution in [2.24, 2.45) is 0 Å². The zero-order valence-electron chi connectivity index (χ0n) is 18.2. The summed E-state index contributed by atoms with van der Waals surface area (Å²) in [6.45, 7) is 7.90. The molecule has 6 heteroatoms. The number of carbonyl (C=O) groups is 1. The minimum Gasteiger partial charge on any atom is -0.497 e. The van der Waals surface area contributed by atoms with Crippen LogP contribution >= 0.6 is 0 Å². The molecule has 3 rings (SSSR count). The molecule has 0 aliphatic carbocycles. The van der Waals surface area contributed by atoms with Crippen LogP contribution in [0.25, 0.3) is 5.69 Å². The van der Waals surface area contributed by atoms with Gasteiger partial charge in [-0.2, -0.15) is 5.10 Å². The summed E-state index contributed by atoms with van der Waals surface area (Å²) in [4.78, 5) is 12.2. The Labute approximate surface area is 177 Å². The fourth-order valence-electron chi connectivity index (χ4n) is 3.27. The molecule has 0 spiro atoms. The van der Waals surface area contributed by atoms with Crippen LogP contribution in [0.15, 0.2) is 48.5 Å². The lowest BCUT2D eigenvalue weighted by Crippen LogP contribution is -2.30. The maximum Gasteiger partial charge on any atom is 0.226 e. The number of nitrogens with zero attached hydrogens (tertiary/aromatic N) is 2. The number of amides is 1. The molecule has 0 atom stereocenters. The minimum absolute atomic E-state index is 0.0139. The molecule has 0 bridgehead atoms. The third-order valence-electron chi connectivity index (χ3n) is 4.69. The lowest BCUT2D eigenvalue weighted by Gasteiger charge is -2.13. The van der Waals surface area contributed by atoms with Crippen LogP contribution in [0.3, 0.4) is 0 Å². The van der Waals surface area contributed by atoms with Gasteiger partial charge in [-0.3, -0.25) is 4.79 Å². The molecule has 1 N–H and O–H groups in total. The van der Waals surface area contributed by atoms with Gasteiger partial charge in [0.25, 0.3) is 0 Å². The van der Waals surface area contributed by atoms with Gasteiger partial charge >= 0.3 is 0 Å². The van der Waals surface area contributed by atoms with Crippen molar-refractivity contribution in [3.8, 4) is 23.1 Å². The number of carbonyl (C=O) groups excluding carboxylic acids is 1. The number of hydrogen-bond acceptors (Lipinski definition) is 4. The van der Waals surface area contributed by atoms with Gasteiger partial charge in [0.1, 0.15) is 11.5 Å². The molecule has 30 heavy (non-hydrogen) atoms. The molecule has 0 saturated heterocycles. The van der Waals surface area contributed by atoms with E-state index in [-0.39, 0.29) is 11.9 Å². The fourth-order valence-corrected chi connectivity index (χ4v) is 3.27. The van der Waals surface area contributed by atoms with Gasteiger partial charge in [-0.25, -0.2) is 4.68 Å². The first-order valence-corrected chi connectivity index (χ1v) is 10.1. The molecule has 1 heterocycles. The van der Waals surface area contributed by atoms with E-state index in [0.29, 0.717) is 30.2 Å². The summed E-state index contributed by atoms with van der Waals surface area (Å²) in [6, 6.07) is 15.6. The largest absolute Gasteiger partial charge is 0.497 e. The van der Waals surface area contributed by atoms with Crippen molar-refractivity contribution in [2.75, 3.05) is 7.11 Å². The highest BCUT2D eigenvalue weighted by atomic mass is 16.5. The van der Waals surface area contributed by atoms with Crippen LogP contribution in [0.2, 0.25) is 0 Å². The summed E-state index contributed by atoms with van der Waals surface area (Å²) in [7, 11) is 1.62. The smallest absolute Gasteiger partial charge is 0.226 e. The number of aryl methyl sites for hydroxylation is 2. The molecule has 6 nitrogen and oxygen atoms in total. The van der Waals surface area contributed by atoms with Gasteiger partial charge in [0.15, 0.2) is 0 Å². The summed E-state index contributed by atoms with van der Waals surface area (Å²) >= 11 is 0. The van der Waals surface area contributed by atoms with Crippen molar-refractivity contribution in [1.82, 2.24) is 15.1 Å². The van der Waals surface area contributed by atoms with Gasteiger partial charge in [-0.1, -0.05) is 18.2 Å². The van der Waals surface area contributed by atoms with Gasteiger partial charge in [-0.15, -0.1) is 0 Å². The summed E-state index contributed by atoms with van der Waals surface area (Å²) in [5, 5.41) is 7.67. The Hall–Kier alpha value is -3.28. The number of aromatic nitrogens is 2. The van der Waals surface area contributed by atoms with E-state index < -0.39 is 0 Å². The van der Waals surface area contributed by atoms with E-state index in [4.69, 9.17) is 14.6 Å². The molecule has 3 aromatic rings. The molecular weight excluding hydrogens is 378 g/mol. The molecule has 0 radical (unpaired) electrons. The van der Waals surface area contributed by atoms with E-state index in [1.807, 2.05) is 70.2 Å². The highest BCUT2D eigenvalue weighted by molar-refractivity contribution is 5.76. The van der Waals surface area contributed by atoms with Crippen LogP contribution in [-0.4, -0.2) is 28.8 Å². The van der Waals surface area contributed by atoms with Crippen LogP contribution in [-0.2, 0) is 11.2 Å². The third-order valence-corrected chi connectivity index (χ3v) is 4.69. The van der Waals surface area contributed by atoms with Gasteiger partial charge in [-0.05, 0) is 63.9 Å². The monoisotopic (exact) mass is 407 g/mol. The summed E-state index contributed by atoms with van der Waals surface area (Å²) in [6.07, 6.45) is 0.905. The number of hydrogen-bond donors (Lipinski definition) is 1. The Balaban J connectivity index is 1.99. The SMILES string of the molecule is COc1cccc(Oc2c(CCC(=O)NC(C)C)c(C)nn2-c2cccc(C)c2)c1. The van der Waals surface area contributed by atoms with E-state index in [1.54, 1.807) is 11.8 Å². The van der Waals surface area contributed by atoms with Crippen LogP contribution < -0.4 is 14.8 Å². The number of benzene rings is 2. The second kappa shape index (κ2) is 9.48. The quantitative estimate of drug-likeness (QED) is 0.585. The highest BCUT2D eigenvalue weighted by Gasteiger charge is 2.20. The van der Waals surface area contributed by atoms with E-state index in [0.717, 1.165) is 22.5 Å². The topological polar surface area (TPSA) is 65.4 Å². The van der Waals surface area contributed by atoms with Crippen molar-refractivity contribution >= 4 is 5.91 Å². The Morgan fingerprint density at radius 3 is 2.53 bits per heavy atom. The Morgan fingerprint density at radius 2 is 1.83 bits per heavy atom. The second-order valence-electron chi connectivity index (χ2n) is 7.62. The first-order chi connectivity index (χ1) is 14.4. The lowest BCUT2D eigenvalue weighted by atomic mass is 10.1. The molecule has 0 fully saturated rings. The predicted octanol–water partition coefficient (Wildman–Crippen LogP) is 4.75. The molecule has 0 saturated carbocycles. The molecule has 0 aliphatic rings. The van der Waals surface area contributed by atoms with Crippen LogP contribution in [0.5, 0.6) is 17.4 Å². The second-order valence-corrected chi connectivity index (χ2v) is 7.62. The number of ether oxygens (including phenoxy) is 2. The lowest BCUT2D eigenvalue weighted by molar-refractivity contribution is -0.121. The highest BCUT2D eigenvalue weighted by Crippen LogP contribution is 2.33. The third kappa shape index (κ3) is 5.20. The van der Waals surface area contributed by atoms with Crippen LogP contribution in [0, 0.1) is 13.8 Å².